The van der Waals surface area contributed by atoms with Crippen LogP contribution in [0.15, 0.2) is 72.0 Å². The smallest absolute Gasteiger partial charge is 0.266 e. The van der Waals surface area contributed by atoms with Crippen LogP contribution >= 0.6 is 23.2 Å². The third-order valence-electron chi connectivity index (χ3n) is 6.67. The van der Waals surface area contributed by atoms with Gasteiger partial charge in [0.1, 0.15) is 5.82 Å². The van der Waals surface area contributed by atoms with Crippen molar-refractivity contribution in [3.05, 3.63) is 87.7 Å². The molecule has 1 saturated heterocycles. The molecule has 4 heterocycles. The third-order valence-corrected chi connectivity index (χ3v) is 7.28. The fourth-order valence-electron chi connectivity index (χ4n) is 4.60. The van der Waals surface area contributed by atoms with E-state index in [1.165, 1.54) is 16.5 Å². The molecule has 0 saturated carbocycles. The van der Waals surface area contributed by atoms with Gasteiger partial charge in [0.25, 0.3) is 5.56 Å². The number of piperazine rings is 1. The van der Waals surface area contributed by atoms with Crippen molar-refractivity contribution in [2.75, 3.05) is 43.4 Å². The summed E-state index contributed by atoms with van der Waals surface area (Å²) in [6, 6.07) is 13.3. The molecule has 0 bridgehead atoms. The summed E-state index contributed by atoms with van der Waals surface area (Å²) >= 11 is 12.9. The van der Waals surface area contributed by atoms with Crippen LogP contribution in [0, 0.1) is 0 Å². The predicted octanol–water partition coefficient (Wildman–Crippen LogP) is 4.97. The van der Waals surface area contributed by atoms with Gasteiger partial charge in [0.15, 0.2) is 0 Å². The number of halogens is 2. The van der Waals surface area contributed by atoms with Gasteiger partial charge in [-0.05, 0) is 43.4 Å². The summed E-state index contributed by atoms with van der Waals surface area (Å²) in [7, 11) is 2.15. The Morgan fingerprint density at radius 1 is 0.974 bits per heavy atom. The van der Waals surface area contributed by atoms with E-state index in [9.17, 15) is 4.79 Å². The SMILES string of the molecule is CN1CCN(c2ccc(Nc3ncc4c(=O)n(-c5c(Cl)cccc5Cl)cc(-c5ncc[nH]5)c4n3)cc2)CC1. The van der Waals surface area contributed by atoms with E-state index < -0.39 is 0 Å². The van der Waals surface area contributed by atoms with E-state index in [0.29, 0.717) is 44.0 Å². The number of fused-ring (bicyclic) bond motifs is 1. The van der Waals surface area contributed by atoms with Crippen LogP contribution in [0.1, 0.15) is 0 Å². The number of hydrogen-bond donors (Lipinski definition) is 2. The van der Waals surface area contributed by atoms with Gasteiger partial charge < -0.3 is 20.1 Å². The molecular formula is C27H24Cl2N8O. The second kappa shape index (κ2) is 10.1. The van der Waals surface area contributed by atoms with Crippen LogP contribution in [0.5, 0.6) is 0 Å². The van der Waals surface area contributed by atoms with Crippen molar-refractivity contribution in [2.24, 2.45) is 0 Å². The number of rotatable bonds is 5. The number of aromatic nitrogens is 5. The van der Waals surface area contributed by atoms with E-state index in [2.05, 4.69) is 49.2 Å². The van der Waals surface area contributed by atoms with Gasteiger partial charge in [-0.1, -0.05) is 29.3 Å². The van der Waals surface area contributed by atoms with Crippen LogP contribution in [0.25, 0.3) is 28.0 Å². The summed E-state index contributed by atoms with van der Waals surface area (Å²) in [5.41, 5.74) is 3.14. The minimum absolute atomic E-state index is 0.311. The normalized spacial score (nSPS) is 14.2. The zero-order valence-electron chi connectivity index (χ0n) is 20.5. The summed E-state index contributed by atoms with van der Waals surface area (Å²) in [5, 5.41) is 4.27. The topological polar surface area (TPSA) is 95.0 Å². The fraction of sp³-hybridized carbons (Fsp3) is 0.185. The minimum Gasteiger partial charge on any atom is -0.369 e. The maximum absolute atomic E-state index is 13.5. The number of nitrogens with one attached hydrogen (secondary N) is 2. The molecule has 0 spiro atoms. The Bertz CT molecular complexity index is 1640. The molecule has 11 heteroatoms. The molecule has 2 N–H and O–H groups in total. The second-order valence-electron chi connectivity index (χ2n) is 9.14. The molecule has 2 aromatic carbocycles. The highest BCUT2D eigenvalue weighted by Crippen LogP contribution is 2.31. The van der Waals surface area contributed by atoms with Gasteiger partial charge in [-0.2, -0.15) is 0 Å². The maximum Gasteiger partial charge on any atom is 0.266 e. The van der Waals surface area contributed by atoms with Crippen LogP contribution in [0.3, 0.4) is 0 Å². The van der Waals surface area contributed by atoms with Crippen molar-refractivity contribution < 1.29 is 0 Å². The molecule has 0 atom stereocenters. The van der Waals surface area contributed by atoms with Crippen molar-refractivity contribution in [3.63, 3.8) is 0 Å². The van der Waals surface area contributed by atoms with E-state index in [1.807, 2.05) is 12.1 Å². The molecule has 3 aromatic heterocycles. The number of anilines is 3. The van der Waals surface area contributed by atoms with E-state index in [-0.39, 0.29) is 5.56 Å². The quantitative estimate of drug-likeness (QED) is 0.321. The number of hydrogen-bond acceptors (Lipinski definition) is 7. The first-order valence-corrected chi connectivity index (χ1v) is 12.9. The van der Waals surface area contributed by atoms with Crippen LogP contribution < -0.4 is 15.8 Å². The van der Waals surface area contributed by atoms with Crippen LogP contribution in [0.2, 0.25) is 10.0 Å². The number of aromatic amines is 1. The Labute approximate surface area is 228 Å². The summed E-state index contributed by atoms with van der Waals surface area (Å²) in [5.74, 6) is 0.915. The predicted molar refractivity (Wildman–Crippen MR) is 152 cm³/mol. The molecule has 6 rings (SSSR count). The first-order chi connectivity index (χ1) is 18.5. The van der Waals surface area contributed by atoms with E-state index in [1.54, 1.807) is 36.8 Å². The number of imidazole rings is 1. The highest BCUT2D eigenvalue weighted by molar-refractivity contribution is 6.37. The molecule has 1 aliphatic rings. The lowest BCUT2D eigenvalue weighted by molar-refractivity contribution is 0.313. The average molecular weight is 547 g/mol. The molecule has 0 amide bonds. The first-order valence-electron chi connectivity index (χ1n) is 12.1. The highest BCUT2D eigenvalue weighted by Gasteiger charge is 2.19. The Balaban J connectivity index is 1.38. The van der Waals surface area contributed by atoms with Gasteiger partial charge in [0.05, 0.1) is 32.2 Å². The van der Waals surface area contributed by atoms with Gasteiger partial charge in [0, 0.05) is 62.3 Å². The third kappa shape index (κ3) is 4.60. The zero-order chi connectivity index (χ0) is 26.2. The molecular weight excluding hydrogens is 523 g/mol. The zero-order valence-corrected chi connectivity index (χ0v) is 22.0. The molecule has 5 aromatic rings. The number of para-hydroxylation sites is 1. The average Bonchev–Trinajstić information content (AvgIpc) is 3.46. The molecule has 9 nitrogen and oxygen atoms in total. The van der Waals surface area contributed by atoms with Gasteiger partial charge in [-0.25, -0.2) is 15.0 Å². The van der Waals surface area contributed by atoms with Crippen LogP contribution in [-0.4, -0.2) is 62.6 Å². The van der Waals surface area contributed by atoms with Crippen molar-refractivity contribution in [3.8, 4) is 17.1 Å². The van der Waals surface area contributed by atoms with Crippen LogP contribution in [-0.2, 0) is 0 Å². The first kappa shape index (κ1) is 24.4. The second-order valence-corrected chi connectivity index (χ2v) is 9.96. The Kier molecular flexibility index (Phi) is 6.49. The minimum atomic E-state index is -0.339. The molecule has 1 fully saturated rings. The number of likely N-dealkylation sites (N-methyl/N-ethyl adjacent to an activating group) is 1. The van der Waals surface area contributed by atoms with Gasteiger partial charge in [0.2, 0.25) is 5.95 Å². The lowest BCUT2D eigenvalue weighted by Gasteiger charge is -2.34. The van der Waals surface area contributed by atoms with Crippen molar-refractivity contribution in [2.45, 2.75) is 0 Å². The number of benzene rings is 2. The Morgan fingerprint density at radius 3 is 2.39 bits per heavy atom. The molecule has 0 unspecified atom stereocenters. The van der Waals surface area contributed by atoms with Gasteiger partial charge in [-0.3, -0.25) is 9.36 Å². The number of pyridine rings is 1. The standard InChI is InChI=1S/C27H24Cl2N8O/c1-35-11-13-36(14-12-35)18-7-5-17(6-8-18)33-27-32-15-19-23(34-27)20(25-30-9-10-31-25)16-37(26(19)38)24-21(28)3-2-4-22(24)29/h2-10,15-16H,11-14H2,1H3,(H,30,31)(H,32,33,34). The lowest BCUT2D eigenvalue weighted by atomic mass is 10.1. The van der Waals surface area contributed by atoms with E-state index >= 15 is 0 Å². The molecule has 0 radical (unpaired) electrons. The Morgan fingerprint density at radius 2 is 1.71 bits per heavy atom. The summed E-state index contributed by atoms with van der Waals surface area (Å²) in [4.78, 5) is 34.9. The van der Waals surface area contributed by atoms with Gasteiger partial charge >= 0.3 is 0 Å². The maximum atomic E-state index is 13.5. The molecule has 0 aliphatic carbocycles. The fourth-order valence-corrected chi connectivity index (χ4v) is 5.18. The molecule has 38 heavy (non-hydrogen) atoms. The van der Waals surface area contributed by atoms with Gasteiger partial charge in [-0.15, -0.1) is 0 Å². The summed E-state index contributed by atoms with van der Waals surface area (Å²) < 4.78 is 1.42. The van der Waals surface area contributed by atoms with E-state index in [4.69, 9.17) is 28.2 Å². The molecule has 1 aliphatic heterocycles. The van der Waals surface area contributed by atoms with Crippen molar-refractivity contribution >= 4 is 51.4 Å². The van der Waals surface area contributed by atoms with E-state index in [0.717, 1.165) is 31.9 Å². The lowest BCUT2D eigenvalue weighted by Crippen LogP contribution is -2.44. The van der Waals surface area contributed by atoms with Crippen molar-refractivity contribution in [1.82, 2.24) is 29.4 Å². The number of H-pyrrole nitrogens is 1. The Hall–Kier alpha value is -3.92. The van der Waals surface area contributed by atoms with Crippen molar-refractivity contribution in [1.29, 1.82) is 0 Å². The largest absolute Gasteiger partial charge is 0.369 e. The molecule has 192 valence electrons. The summed E-state index contributed by atoms with van der Waals surface area (Å²) in [6.45, 7) is 4.10. The summed E-state index contributed by atoms with van der Waals surface area (Å²) in [6.07, 6.45) is 6.51. The monoisotopic (exact) mass is 546 g/mol. The highest BCUT2D eigenvalue weighted by atomic mass is 35.5. The van der Waals surface area contributed by atoms with Crippen LogP contribution in [0.4, 0.5) is 17.3 Å². The number of nitrogens with zero attached hydrogens (tertiary/aromatic N) is 6.